The summed E-state index contributed by atoms with van der Waals surface area (Å²) in [5, 5.41) is 3.06. The number of hydrogen-bond acceptors (Lipinski definition) is 5. The average Bonchev–Trinajstić information content (AvgIpc) is 2.61. The highest BCUT2D eigenvalue weighted by Crippen LogP contribution is 2.16. The van der Waals surface area contributed by atoms with Crippen molar-refractivity contribution in [1.82, 2.24) is 15.8 Å². The van der Waals surface area contributed by atoms with Gasteiger partial charge in [0.05, 0.1) is 17.7 Å². The third kappa shape index (κ3) is 5.50. The van der Waals surface area contributed by atoms with E-state index in [0.29, 0.717) is 27.9 Å². The molecular formula is C17H17ClN4O3. The van der Waals surface area contributed by atoms with Gasteiger partial charge in [-0.05, 0) is 31.2 Å². The first-order chi connectivity index (χ1) is 12.0. The molecule has 0 radical (unpaired) electrons. The van der Waals surface area contributed by atoms with Crippen LogP contribution < -0.4 is 20.9 Å². The van der Waals surface area contributed by atoms with Gasteiger partial charge < -0.3 is 15.5 Å². The SMILES string of the molecule is COc1ccccc1C(=O)NN/C(C)=C\C(=O)Nc1ccc(Cl)cn1. The van der Waals surface area contributed by atoms with E-state index in [1.165, 1.54) is 19.4 Å². The summed E-state index contributed by atoms with van der Waals surface area (Å²) in [5.74, 6) is 0.0443. The molecule has 130 valence electrons. The van der Waals surface area contributed by atoms with E-state index in [2.05, 4.69) is 21.2 Å². The molecule has 0 fully saturated rings. The maximum Gasteiger partial charge on any atom is 0.273 e. The lowest BCUT2D eigenvalue weighted by Crippen LogP contribution is -2.36. The Morgan fingerprint density at radius 2 is 1.92 bits per heavy atom. The van der Waals surface area contributed by atoms with Gasteiger partial charge in [-0.25, -0.2) is 4.98 Å². The number of halogens is 1. The second kappa shape index (κ2) is 8.70. The van der Waals surface area contributed by atoms with E-state index in [9.17, 15) is 9.59 Å². The van der Waals surface area contributed by atoms with Gasteiger partial charge in [-0.3, -0.25) is 15.0 Å². The van der Waals surface area contributed by atoms with E-state index < -0.39 is 5.91 Å². The number of hydrogen-bond donors (Lipinski definition) is 3. The number of anilines is 1. The molecule has 1 aromatic carbocycles. The first-order valence-electron chi connectivity index (χ1n) is 7.30. The molecule has 0 spiro atoms. The first kappa shape index (κ1) is 18.3. The van der Waals surface area contributed by atoms with E-state index in [1.54, 1.807) is 43.3 Å². The summed E-state index contributed by atoms with van der Waals surface area (Å²) in [6.07, 6.45) is 2.72. The fourth-order valence-corrected chi connectivity index (χ4v) is 2.01. The molecule has 0 aliphatic carbocycles. The molecule has 25 heavy (non-hydrogen) atoms. The molecule has 7 nitrogen and oxygen atoms in total. The van der Waals surface area contributed by atoms with Crippen LogP contribution in [0.15, 0.2) is 54.4 Å². The van der Waals surface area contributed by atoms with Crippen LogP contribution in [0.5, 0.6) is 5.75 Å². The number of amides is 2. The molecule has 0 aliphatic rings. The zero-order valence-corrected chi connectivity index (χ0v) is 14.4. The van der Waals surface area contributed by atoms with E-state index >= 15 is 0 Å². The van der Waals surface area contributed by atoms with E-state index in [0.717, 1.165) is 0 Å². The maximum absolute atomic E-state index is 12.1. The van der Waals surface area contributed by atoms with Crippen molar-refractivity contribution in [3.05, 3.63) is 65.0 Å². The number of rotatable bonds is 6. The number of hydrazine groups is 1. The Hall–Kier alpha value is -3.06. The fraction of sp³-hybridized carbons (Fsp3) is 0.118. The van der Waals surface area contributed by atoms with Crippen molar-refractivity contribution in [1.29, 1.82) is 0 Å². The number of pyridine rings is 1. The van der Waals surface area contributed by atoms with Gasteiger partial charge >= 0.3 is 0 Å². The Kier molecular flexibility index (Phi) is 6.36. The second-order valence-corrected chi connectivity index (χ2v) is 5.39. The molecular weight excluding hydrogens is 344 g/mol. The highest BCUT2D eigenvalue weighted by Gasteiger charge is 2.10. The number of nitrogens with one attached hydrogen (secondary N) is 3. The largest absolute Gasteiger partial charge is 0.496 e. The smallest absolute Gasteiger partial charge is 0.273 e. The van der Waals surface area contributed by atoms with E-state index in [-0.39, 0.29) is 5.91 Å². The van der Waals surface area contributed by atoms with Gasteiger partial charge in [0.1, 0.15) is 11.6 Å². The predicted octanol–water partition coefficient (Wildman–Crippen LogP) is 2.52. The van der Waals surface area contributed by atoms with Crippen LogP contribution in [-0.4, -0.2) is 23.9 Å². The van der Waals surface area contributed by atoms with Crippen molar-refractivity contribution < 1.29 is 14.3 Å². The molecule has 0 aliphatic heterocycles. The normalized spacial score (nSPS) is 10.8. The topological polar surface area (TPSA) is 92.4 Å². The number of ether oxygens (including phenoxy) is 1. The minimum Gasteiger partial charge on any atom is -0.496 e. The highest BCUT2D eigenvalue weighted by atomic mass is 35.5. The Bertz CT molecular complexity index is 791. The molecule has 2 aromatic rings. The lowest BCUT2D eigenvalue weighted by Gasteiger charge is -2.11. The van der Waals surface area contributed by atoms with Crippen molar-refractivity contribution >= 4 is 29.2 Å². The number of methoxy groups -OCH3 is 1. The summed E-state index contributed by atoms with van der Waals surface area (Å²) < 4.78 is 5.13. The van der Waals surface area contributed by atoms with Crippen molar-refractivity contribution in [2.45, 2.75) is 6.92 Å². The molecule has 0 saturated heterocycles. The third-order valence-corrected chi connectivity index (χ3v) is 3.27. The lowest BCUT2D eigenvalue weighted by molar-refractivity contribution is -0.112. The predicted molar refractivity (Wildman–Crippen MR) is 95.2 cm³/mol. The minimum absolute atomic E-state index is 0.372. The maximum atomic E-state index is 12.1. The average molecular weight is 361 g/mol. The molecule has 2 amide bonds. The number of nitrogens with zero attached hydrogens (tertiary/aromatic N) is 1. The van der Waals surface area contributed by atoms with Gasteiger partial charge in [0, 0.05) is 18.0 Å². The van der Waals surface area contributed by atoms with Gasteiger partial charge in [-0.1, -0.05) is 23.7 Å². The highest BCUT2D eigenvalue weighted by molar-refractivity contribution is 6.30. The van der Waals surface area contributed by atoms with E-state index in [1.807, 2.05) is 0 Å². The second-order valence-electron chi connectivity index (χ2n) is 4.96. The van der Waals surface area contributed by atoms with Crippen molar-refractivity contribution in [3.63, 3.8) is 0 Å². The molecule has 8 heteroatoms. The Morgan fingerprint density at radius 3 is 2.60 bits per heavy atom. The number of carbonyl (C=O) groups is 2. The summed E-state index contributed by atoms with van der Waals surface area (Å²) >= 11 is 5.73. The molecule has 3 N–H and O–H groups in total. The lowest BCUT2D eigenvalue weighted by atomic mass is 10.2. The minimum atomic E-state index is -0.397. The van der Waals surface area contributed by atoms with Crippen LogP contribution in [0.25, 0.3) is 0 Å². The zero-order chi connectivity index (χ0) is 18.2. The molecule has 0 atom stereocenters. The third-order valence-electron chi connectivity index (χ3n) is 3.05. The Labute approximate surface area is 150 Å². The number of carbonyl (C=O) groups excluding carboxylic acids is 2. The summed E-state index contributed by atoms with van der Waals surface area (Å²) in [6, 6.07) is 10.0. The molecule has 0 bridgehead atoms. The standard InChI is InChI=1S/C17H17ClN4O3/c1-11(9-16(23)20-15-8-7-12(18)10-19-15)21-22-17(24)13-5-3-4-6-14(13)25-2/h3-10,21H,1-2H3,(H,22,24)(H,19,20,23)/b11-9-. The Morgan fingerprint density at radius 1 is 1.16 bits per heavy atom. The fourth-order valence-electron chi connectivity index (χ4n) is 1.90. The van der Waals surface area contributed by atoms with Crippen LogP contribution in [0.1, 0.15) is 17.3 Å². The van der Waals surface area contributed by atoms with Crippen LogP contribution in [-0.2, 0) is 4.79 Å². The van der Waals surface area contributed by atoms with Crippen LogP contribution in [0.2, 0.25) is 5.02 Å². The van der Waals surface area contributed by atoms with Crippen LogP contribution in [0.3, 0.4) is 0 Å². The van der Waals surface area contributed by atoms with Gasteiger partial charge in [-0.2, -0.15) is 0 Å². The monoisotopic (exact) mass is 360 g/mol. The number of benzene rings is 1. The van der Waals surface area contributed by atoms with E-state index in [4.69, 9.17) is 16.3 Å². The first-order valence-corrected chi connectivity index (χ1v) is 7.67. The quantitative estimate of drug-likeness (QED) is 0.543. The van der Waals surface area contributed by atoms with Crippen LogP contribution in [0, 0.1) is 0 Å². The van der Waals surface area contributed by atoms with Crippen molar-refractivity contribution in [2.75, 3.05) is 12.4 Å². The van der Waals surface area contributed by atoms with Crippen LogP contribution in [0.4, 0.5) is 5.82 Å². The van der Waals surface area contributed by atoms with Gasteiger partial charge in [0.15, 0.2) is 0 Å². The van der Waals surface area contributed by atoms with Crippen molar-refractivity contribution in [2.24, 2.45) is 0 Å². The van der Waals surface area contributed by atoms with Crippen LogP contribution >= 0.6 is 11.6 Å². The summed E-state index contributed by atoms with van der Waals surface area (Å²) in [5.41, 5.74) is 5.98. The molecule has 1 heterocycles. The number of para-hydroxylation sites is 1. The summed E-state index contributed by atoms with van der Waals surface area (Å²) in [4.78, 5) is 28.0. The molecule has 1 aromatic heterocycles. The van der Waals surface area contributed by atoms with Crippen molar-refractivity contribution in [3.8, 4) is 5.75 Å². The number of aromatic nitrogens is 1. The van der Waals surface area contributed by atoms with Gasteiger partial charge in [-0.15, -0.1) is 0 Å². The van der Waals surface area contributed by atoms with Gasteiger partial charge in [0.2, 0.25) is 0 Å². The summed E-state index contributed by atoms with van der Waals surface area (Å²) in [7, 11) is 1.49. The van der Waals surface area contributed by atoms with Gasteiger partial charge in [0.25, 0.3) is 11.8 Å². The number of allylic oxidation sites excluding steroid dienone is 1. The summed E-state index contributed by atoms with van der Waals surface area (Å²) in [6.45, 7) is 1.64. The Balaban J connectivity index is 1.91. The molecule has 0 unspecified atom stereocenters. The molecule has 2 rings (SSSR count). The zero-order valence-electron chi connectivity index (χ0n) is 13.7. The molecule has 0 saturated carbocycles.